The van der Waals surface area contributed by atoms with Crippen LogP contribution in [-0.2, 0) is 14.6 Å². The lowest BCUT2D eigenvalue weighted by molar-refractivity contribution is 0.122. The van der Waals surface area contributed by atoms with Crippen LogP contribution >= 0.6 is 0 Å². The van der Waals surface area contributed by atoms with E-state index in [-0.39, 0.29) is 17.0 Å². The lowest BCUT2D eigenvalue weighted by atomic mass is 9.94. The molecule has 152 valence electrons. The molecule has 0 unspecified atom stereocenters. The van der Waals surface area contributed by atoms with Crippen molar-refractivity contribution in [2.24, 2.45) is 5.73 Å². The van der Waals surface area contributed by atoms with Crippen molar-refractivity contribution in [1.82, 2.24) is 9.97 Å². The number of rotatable bonds is 4. The standard InChI is InChI=1S/C19H26N4O4S/c1-28(24,25)15-10-16-17(21-12-15)11-18(23-6-8-26-9-7-23)22-19(16)27-14-4-2-13(20)3-5-14/h10-14H,2-9,20H2,1H3. The highest BCUT2D eigenvalue weighted by molar-refractivity contribution is 7.90. The second-order valence-electron chi connectivity index (χ2n) is 7.55. The van der Waals surface area contributed by atoms with E-state index < -0.39 is 9.84 Å². The number of morpholine rings is 1. The van der Waals surface area contributed by atoms with Crippen LogP contribution in [0, 0.1) is 0 Å². The Morgan fingerprint density at radius 1 is 1.18 bits per heavy atom. The summed E-state index contributed by atoms with van der Waals surface area (Å²) >= 11 is 0. The average molecular weight is 407 g/mol. The summed E-state index contributed by atoms with van der Waals surface area (Å²) in [5.41, 5.74) is 6.68. The molecule has 9 heteroatoms. The minimum absolute atomic E-state index is 0.0253. The van der Waals surface area contributed by atoms with Crippen LogP contribution in [0.2, 0.25) is 0 Å². The zero-order valence-electron chi connectivity index (χ0n) is 16.0. The predicted molar refractivity (Wildman–Crippen MR) is 107 cm³/mol. The number of pyridine rings is 2. The van der Waals surface area contributed by atoms with Gasteiger partial charge in [0.15, 0.2) is 9.84 Å². The second-order valence-corrected chi connectivity index (χ2v) is 9.57. The van der Waals surface area contributed by atoms with Crippen molar-refractivity contribution in [2.75, 3.05) is 37.5 Å². The molecule has 8 nitrogen and oxygen atoms in total. The molecule has 1 saturated carbocycles. The molecule has 2 fully saturated rings. The lowest BCUT2D eigenvalue weighted by Crippen LogP contribution is -2.37. The predicted octanol–water partition coefficient (Wildman–Crippen LogP) is 1.52. The maximum atomic E-state index is 12.0. The number of ether oxygens (including phenoxy) is 2. The molecule has 2 N–H and O–H groups in total. The monoisotopic (exact) mass is 406 g/mol. The Kier molecular flexibility index (Phi) is 5.39. The van der Waals surface area contributed by atoms with E-state index in [0.717, 1.165) is 44.6 Å². The molecule has 2 aliphatic rings. The van der Waals surface area contributed by atoms with E-state index in [1.54, 1.807) is 6.07 Å². The third-order valence-corrected chi connectivity index (χ3v) is 6.45. The first-order chi connectivity index (χ1) is 13.4. The van der Waals surface area contributed by atoms with Crippen LogP contribution < -0.4 is 15.4 Å². The highest BCUT2D eigenvalue weighted by Gasteiger charge is 2.23. The number of aromatic nitrogens is 2. The van der Waals surface area contributed by atoms with Crippen molar-refractivity contribution in [3.05, 3.63) is 18.3 Å². The van der Waals surface area contributed by atoms with Gasteiger partial charge in [0.05, 0.1) is 29.0 Å². The maximum Gasteiger partial charge on any atom is 0.225 e. The van der Waals surface area contributed by atoms with Crippen LogP contribution in [0.5, 0.6) is 5.88 Å². The summed E-state index contributed by atoms with van der Waals surface area (Å²) in [4.78, 5) is 11.4. The van der Waals surface area contributed by atoms with Crippen molar-refractivity contribution in [3.8, 4) is 5.88 Å². The number of hydrogen-bond acceptors (Lipinski definition) is 8. The SMILES string of the molecule is CS(=O)(=O)c1cnc2cc(N3CCOCC3)nc(OC3CCC(N)CC3)c2c1. The highest BCUT2D eigenvalue weighted by atomic mass is 32.2. The third kappa shape index (κ3) is 4.21. The smallest absolute Gasteiger partial charge is 0.225 e. The van der Waals surface area contributed by atoms with Gasteiger partial charge in [-0.1, -0.05) is 0 Å². The summed E-state index contributed by atoms with van der Waals surface area (Å²) in [5.74, 6) is 1.22. The van der Waals surface area contributed by atoms with Crippen LogP contribution in [0.4, 0.5) is 5.82 Å². The molecule has 1 saturated heterocycles. The van der Waals surface area contributed by atoms with Crippen LogP contribution in [0.15, 0.2) is 23.2 Å². The van der Waals surface area contributed by atoms with Crippen molar-refractivity contribution >= 4 is 26.6 Å². The number of anilines is 1. The summed E-state index contributed by atoms with van der Waals surface area (Å²) in [6.07, 6.45) is 6.16. The normalized spacial score (nSPS) is 23.7. The van der Waals surface area contributed by atoms with E-state index in [0.29, 0.717) is 30.0 Å². The average Bonchev–Trinajstić information content (AvgIpc) is 2.69. The van der Waals surface area contributed by atoms with Gasteiger partial charge in [0.25, 0.3) is 0 Å². The molecular weight excluding hydrogens is 380 g/mol. The zero-order valence-corrected chi connectivity index (χ0v) is 16.8. The topological polar surface area (TPSA) is 108 Å². The van der Waals surface area contributed by atoms with E-state index in [2.05, 4.69) is 9.88 Å². The number of nitrogens with zero attached hydrogens (tertiary/aromatic N) is 3. The van der Waals surface area contributed by atoms with E-state index in [4.69, 9.17) is 20.2 Å². The molecule has 28 heavy (non-hydrogen) atoms. The molecule has 1 aliphatic heterocycles. The Balaban J connectivity index is 1.74. The fraction of sp³-hybridized carbons (Fsp3) is 0.579. The Morgan fingerprint density at radius 2 is 1.89 bits per heavy atom. The molecule has 1 aliphatic carbocycles. The summed E-state index contributed by atoms with van der Waals surface area (Å²) in [5, 5.41) is 0.620. The van der Waals surface area contributed by atoms with Crippen LogP contribution in [0.3, 0.4) is 0 Å². The van der Waals surface area contributed by atoms with Gasteiger partial charge in [-0.05, 0) is 31.7 Å². The number of sulfone groups is 1. The fourth-order valence-electron chi connectivity index (χ4n) is 3.67. The van der Waals surface area contributed by atoms with Gasteiger partial charge in [-0.2, -0.15) is 4.98 Å². The van der Waals surface area contributed by atoms with Gasteiger partial charge in [0, 0.05) is 37.7 Å². The molecule has 2 aromatic rings. The Bertz CT molecular complexity index is 952. The zero-order chi connectivity index (χ0) is 19.7. The lowest BCUT2D eigenvalue weighted by Gasteiger charge is -2.30. The van der Waals surface area contributed by atoms with Crippen LogP contribution in [-0.4, -0.2) is 63.1 Å². The Labute approximate surface area is 165 Å². The number of hydrogen-bond donors (Lipinski definition) is 1. The summed E-state index contributed by atoms with van der Waals surface area (Å²) in [6, 6.07) is 3.72. The molecule has 4 rings (SSSR count). The first kappa shape index (κ1) is 19.4. The molecule has 0 amide bonds. The van der Waals surface area contributed by atoms with E-state index in [1.807, 2.05) is 6.07 Å². The highest BCUT2D eigenvalue weighted by Crippen LogP contribution is 2.32. The number of fused-ring (bicyclic) bond motifs is 1. The molecule has 3 heterocycles. The molecule has 0 spiro atoms. The minimum atomic E-state index is -3.37. The van der Waals surface area contributed by atoms with E-state index in [1.165, 1.54) is 12.5 Å². The summed E-state index contributed by atoms with van der Waals surface area (Å²) < 4.78 is 35.7. The molecule has 0 radical (unpaired) electrons. The van der Waals surface area contributed by atoms with Gasteiger partial charge in [0.2, 0.25) is 5.88 Å². The summed E-state index contributed by atoms with van der Waals surface area (Å²) in [7, 11) is -3.37. The van der Waals surface area contributed by atoms with Gasteiger partial charge >= 0.3 is 0 Å². The van der Waals surface area contributed by atoms with Crippen molar-refractivity contribution in [3.63, 3.8) is 0 Å². The van der Waals surface area contributed by atoms with Crippen LogP contribution in [0.1, 0.15) is 25.7 Å². The second kappa shape index (κ2) is 7.81. The Hall–Kier alpha value is -1.97. The molecule has 0 bridgehead atoms. The molecule has 2 aromatic heterocycles. The van der Waals surface area contributed by atoms with Gasteiger partial charge in [-0.15, -0.1) is 0 Å². The van der Waals surface area contributed by atoms with Gasteiger partial charge in [-0.3, -0.25) is 4.98 Å². The van der Waals surface area contributed by atoms with E-state index in [9.17, 15) is 8.42 Å². The van der Waals surface area contributed by atoms with Crippen molar-refractivity contribution in [1.29, 1.82) is 0 Å². The third-order valence-electron chi connectivity index (χ3n) is 5.37. The van der Waals surface area contributed by atoms with Crippen LogP contribution in [0.25, 0.3) is 10.9 Å². The largest absolute Gasteiger partial charge is 0.474 e. The summed E-state index contributed by atoms with van der Waals surface area (Å²) in [6.45, 7) is 2.79. The van der Waals surface area contributed by atoms with Gasteiger partial charge < -0.3 is 20.1 Å². The minimum Gasteiger partial charge on any atom is -0.474 e. The number of nitrogens with two attached hydrogens (primary N) is 1. The molecule has 0 atom stereocenters. The maximum absolute atomic E-state index is 12.0. The van der Waals surface area contributed by atoms with Crippen molar-refractivity contribution < 1.29 is 17.9 Å². The van der Waals surface area contributed by atoms with E-state index >= 15 is 0 Å². The molecular formula is C19H26N4O4S. The van der Waals surface area contributed by atoms with Gasteiger partial charge in [0.1, 0.15) is 11.9 Å². The quantitative estimate of drug-likeness (QED) is 0.814. The van der Waals surface area contributed by atoms with Crippen molar-refractivity contribution in [2.45, 2.75) is 42.7 Å². The molecule has 0 aromatic carbocycles. The first-order valence-corrected chi connectivity index (χ1v) is 11.5. The first-order valence-electron chi connectivity index (χ1n) is 9.66. The Morgan fingerprint density at radius 3 is 2.57 bits per heavy atom. The fourth-order valence-corrected chi connectivity index (χ4v) is 4.25. The van der Waals surface area contributed by atoms with Gasteiger partial charge in [-0.25, -0.2) is 8.42 Å².